The number of anilines is 1. The Bertz CT molecular complexity index is 1290. The molecule has 33 heavy (non-hydrogen) atoms. The highest BCUT2D eigenvalue weighted by atomic mass is 32.2. The summed E-state index contributed by atoms with van der Waals surface area (Å²) in [6.07, 6.45) is 1.41. The highest BCUT2D eigenvalue weighted by Gasteiger charge is 2.36. The Balaban J connectivity index is 1.45. The Hall–Kier alpha value is -4.11. The molecule has 3 aromatic rings. The molecule has 0 saturated carbocycles. The third-order valence-corrected chi connectivity index (χ3v) is 5.70. The van der Waals surface area contributed by atoms with E-state index in [4.69, 9.17) is 4.42 Å². The van der Waals surface area contributed by atoms with Crippen LogP contribution in [-0.4, -0.2) is 34.5 Å². The van der Waals surface area contributed by atoms with Crippen LogP contribution in [0.25, 0.3) is 17.4 Å². The number of carbonyl (C=O) groups is 4. The van der Waals surface area contributed by atoms with E-state index >= 15 is 0 Å². The van der Waals surface area contributed by atoms with Gasteiger partial charge in [0.15, 0.2) is 0 Å². The number of aromatic carboxylic acids is 1. The van der Waals surface area contributed by atoms with Crippen molar-refractivity contribution in [3.63, 3.8) is 0 Å². The van der Waals surface area contributed by atoms with Crippen LogP contribution >= 0.6 is 11.8 Å². The molecule has 2 aromatic carbocycles. The molecule has 166 valence electrons. The van der Waals surface area contributed by atoms with Gasteiger partial charge in [0.05, 0.1) is 10.9 Å². The minimum Gasteiger partial charge on any atom is -0.545 e. The maximum Gasteiger partial charge on any atom is 0.294 e. The van der Waals surface area contributed by atoms with Crippen LogP contribution in [-0.2, 0) is 9.59 Å². The topological polar surface area (TPSA) is 120 Å². The van der Waals surface area contributed by atoms with Gasteiger partial charge in [-0.3, -0.25) is 19.3 Å². The van der Waals surface area contributed by atoms with Crippen LogP contribution in [0.2, 0.25) is 0 Å². The lowest BCUT2D eigenvalue weighted by Gasteiger charge is -2.12. The highest BCUT2D eigenvalue weighted by Crippen LogP contribution is 2.33. The lowest BCUT2D eigenvalue weighted by Crippen LogP contribution is -2.36. The number of imide groups is 1. The molecule has 1 fully saturated rings. The van der Waals surface area contributed by atoms with E-state index in [2.05, 4.69) is 5.32 Å². The number of hydrogen-bond acceptors (Lipinski definition) is 7. The van der Waals surface area contributed by atoms with Gasteiger partial charge in [-0.2, -0.15) is 0 Å². The van der Waals surface area contributed by atoms with E-state index in [1.54, 1.807) is 36.4 Å². The number of furan rings is 1. The number of nitrogens with one attached hydrogen (secondary N) is 1. The lowest BCUT2D eigenvalue weighted by molar-refractivity contribution is -0.255. The van der Waals surface area contributed by atoms with E-state index in [-0.39, 0.29) is 10.5 Å². The molecule has 0 aliphatic carbocycles. The molecule has 4 rings (SSSR count). The second kappa shape index (κ2) is 9.17. The normalized spacial score (nSPS) is 14.7. The second-order valence-corrected chi connectivity index (χ2v) is 8.25. The predicted molar refractivity (Wildman–Crippen MR) is 121 cm³/mol. The van der Waals surface area contributed by atoms with Gasteiger partial charge in [-0.05, 0) is 54.6 Å². The molecule has 0 spiro atoms. The standard InChI is InChI=1S/C24H18N2O6S/c1-14-5-7-17(8-6-14)25-21(27)13-26-22(28)20(33-24(26)31)12-18-9-10-19(32-18)15-3-2-4-16(11-15)23(29)30/h2-12H,13H2,1H3,(H,25,27)(H,29,30)/p-1/b20-12+. The minimum absolute atomic E-state index is 0.00971. The largest absolute Gasteiger partial charge is 0.545 e. The second-order valence-electron chi connectivity index (χ2n) is 7.25. The Labute approximate surface area is 192 Å². The summed E-state index contributed by atoms with van der Waals surface area (Å²) >= 11 is 0.711. The highest BCUT2D eigenvalue weighted by molar-refractivity contribution is 8.18. The van der Waals surface area contributed by atoms with Gasteiger partial charge in [0.1, 0.15) is 18.1 Å². The van der Waals surface area contributed by atoms with E-state index in [9.17, 15) is 24.3 Å². The first-order chi connectivity index (χ1) is 15.8. The van der Waals surface area contributed by atoms with Crippen LogP contribution in [0.5, 0.6) is 0 Å². The van der Waals surface area contributed by atoms with Gasteiger partial charge in [-0.1, -0.05) is 35.9 Å². The molecular formula is C24H17N2O6S-. The van der Waals surface area contributed by atoms with E-state index in [1.807, 2.05) is 19.1 Å². The summed E-state index contributed by atoms with van der Waals surface area (Å²) in [5.74, 6) is -1.69. The van der Waals surface area contributed by atoms with Crippen molar-refractivity contribution in [1.82, 2.24) is 4.90 Å². The zero-order valence-corrected chi connectivity index (χ0v) is 18.2. The fraction of sp³-hybridized carbons (Fsp3) is 0.0833. The molecule has 1 aliphatic heterocycles. The number of benzene rings is 2. The molecular weight excluding hydrogens is 444 g/mol. The number of rotatable bonds is 6. The number of hydrogen-bond donors (Lipinski definition) is 1. The van der Waals surface area contributed by atoms with Gasteiger partial charge >= 0.3 is 0 Å². The third kappa shape index (κ3) is 5.04. The number of thioether (sulfide) groups is 1. The molecule has 0 unspecified atom stereocenters. The smallest absolute Gasteiger partial charge is 0.294 e. The SMILES string of the molecule is Cc1ccc(NC(=O)CN2C(=O)S/C(=C/c3ccc(-c4cccc(C(=O)[O-])c4)o3)C2=O)cc1. The van der Waals surface area contributed by atoms with Crippen molar-refractivity contribution >= 4 is 46.5 Å². The van der Waals surface area contributed by atoms with E-state index in [0.29, 0.717) is 34.5 Å². The molecule has 3 amide bonds. The van der Waals surface area contributed by atoms with E-state index < -0.39 is 29.6 Å². The maximum absolute atomic E-state index is 12.7. The van der Waals surface area contributed by atoms with Gasteiger partial charge in [0.25, 0.3) is 11.1 Å². The Morgan fingerprint density at radius 1 is 1.09 bits per heavy atom. The number of carbonyl (C=O) groups excluding carboxylic acids is 4. The molecule has 0 radical (unpaired) electrons. The van der Waals surface area contributed by atoms with Gasteiger partial charge in [0, 0.05) is 17.3 Å². The first-order valence-corrected chi connectivity index (χ1v) is 10.7. The van der Waals surface area contributed by atoms with Crippen molar-refractivity contribution < 1.29 is 28.7 Å². The van der Waals surface area contributed by atoms with Crippen molar-refractivity contribution in [1.29, 1.82) is 0 Å². The summed E-state index contributed by atoms with van der Waals surface area (Å²) < 4.78 is 5.69. The van der Waals surface area contributed by atoms with Crippen LogP contribution in [0.3, 0.4) is 0 Å². The van der Waals surface area contributed by atoms with Crippen LogP contribution in [0.15, 0.2) is 70.0 Å². The van der Waals surface area contributed by atoms with Crippen LogP contribution in [0.4, 0.5) is 10.5 Å². The van der Waals surface area contributed by atoms with Gasteiger partial charge in [0.2, 0.25) is 5.91 Å². The molecule has 2 heterocycles. The van der Waals surface area contributed by atoms with Crippen molar-refractivity contribution in [2.45, 2.75) is 6.92 Å². The summed E-state index contributed by atoms with van der Waals surface area (Å²) in [4.78, 5) is 49.3. The number of carboxylic acid groups (broad SMARTS) is 1. The monoisotopic (exact) mass is 461 g/mol. The molecule has 0 bridgehead atoms. The Kier molecular flexibility index (Phi) is 6.14. The number of carboxylic acids is 1. The summed E-state index contributed by atoms with van der Waals surface area (Å²) in [6, 6.07) is 16.4. The van der Waals surface area contributed by atoms with E-state index in [1.165, 1.54) is 18.2 Å². The van der Waals surface area contributed by atoms with E-state index in [0.717, 1.165) is 10.5 Å². The number of amides is 3. The molecule has 1 saturated heterocycles. The van der Waals surface area contributed by atoms with Crippen molar-refractivity contribution in [3.05, 3.63) is 82.5 Å². The first kappa shape index (κ1) is 22.1. The summed E-state index contributed by atoms with van der Waals surface area (Å²) in [6.45, 7) is 1.51. The van der Waals surface area contributed by atoms with Crippen LogP contribution in [0, 0.1) is 6.92 Å². The van der Waals surface area contributed by atoms with Crippen LogP contribution < -0.4 is 10.4 Å². The average Bonchev–Trinajstić information content (AvgIpc) is 3.36. The fourth-order valence-electron chi connectivity index (χ4n) is 3.13. The maximum atomic E-state index is 12.7. The van der Waals surface area contributed by atoms with Gasteiger partial charge in [-0.15, -0.1) is 0 Å². The average molecular weight is 461 g/mol. The summed E-state index contributed by atoms with van der Waals surface area (Å²) in [5, 5.41) is 13.2. The quantitative estimate of drug-likeness (QED) is 0.559. The molecule has 8 nitrogen and oxygen atoms in total. The van der Waals surface area contributed by atoms with Gasteiger partial charge < -0.3 is 19.6 Å². The van der Waals surface area contributed by atoms with Crippen molar-refractivity contribution in [3.8, 4) is 11.3 Å². The zero-order valence-electron chi connectivity index (χ0n) is 17.4. The minimum atomic E-state index is -1.30. The van der Waals surface area contributed by atoms with Gasteiger partial charge in [-0.25, -0.2) is 0 Å². The molecule has 1 N–H and O–H groups in total. The van der Waals surface area contributed by atoms with Crippen molar-refractivity contribution in [2.24, 2.45) is 0 Å². The summed E-state index contributed by atoms with van der Waals surface area (Å²) in [7, 11) is 0. The van der Waals surface area contributed by atoms with Crippen LogP contribution in [0.1, 0.15) is 21.7 Å². The Morgan fingerprint density at radius 3 is 2.58 bits per heavy atom. The predicted octanol–water partition coefficient (Wildman–Crippen LogP) is 3.29. The Morgan fingerprint density at radius 2 is 1.85 bits per heavy atom. The fourth-order valence-corrected chi connectivity index (χ4v) is 3.95. The third-order valence-electron chi connectivity index (χ3n) is 4.79. The summed E-state index contributed by atoms with van der Waals surface area (Å²) in [5.41, 5.74) is 2.14. The molecule has 1 aromatic heterocycles. The zero-order chi connectivity index (χ0) is 23.5. The number of nitrogens with zero attached hydrogens (tertiary/aromatic N) is 1. The molecule has 9 heteroatoms. The number of aryl methyl sites for hydroxylation is 1. The lowest BCUT2D eigenvalue weighted by atomic mass is 10.1. The van der Waals surface area contributed by atoms with Crippen molar-refractivity contribution in [2.75, 3.05) is 11.9 Å². The molecule has 1 aliphatic rings. The first-order valence-electron chi connectivity index (χ1n) is 9.83. The molecule has 0 atom stereocenters.